The van der Waals surface area contributed by atoms with Crippen LogP contribution in [0.2, 0.25) is 0 Å². The number of aromatic nitrogens is 1. The summed E-state index contributed by atoms with van der Waals surface area (Å²) in [5.74, 6) is 0.405. The fourth-order valence-electron chi connectivity index (χ4n) is 1.09. The number of rotatable bonds is 4. The Labute approximate surface area is 97.9 Å². The van der Waals surface area contributed by atoms with Crippen LogP contribution in [0.15, 0.2) is 23.4 Å². The van der Waals surface area contributed by atoms with E-state index in [4.69, 9.17) is 11.0 Å². The summed E-state index contributed by atoms with van der Waals surface area (Å²) >= 11 is 0. The first-order valence-electron chi connectivity index (χ1n) is 4.96. The molecule has 0 bridgehead atoms. The summed E-state index contributed by atoms with van der Waals surface area (Å²) in [6.45, 7) is 3.65. The Morgan fingerprint density at radius 3 is 2.88 bits per heavy atom. The Kier molecular flexibility index (Phi) is 4.02. The molecule has 16 heavy (non-hydrogen) atoms. The molecule has 1 aromatic heterocycles. The quantitative estimate of drug-likeness (QED) is 0.864. The van der Waals surface area contributed by atoms with Crippen molar-refractivity contribution in [3.05, 3.63) is 18.3 Å². The molecule has 0 spiro atoms. The second-order valence-electron chi connectivity index (χ2n) is 4.19. The number of nitrogen functional groups attached to an aromatic ring is 1. The number of anilines is 1. The zero-order valence-corrected chi connectivity index (χ0v) is 10.3. The third-order valence-electron chi connectivity index (χ3n) is 2.23. The van der Waals surface area contributed by atoms with E-state index in [1.54, 1.807) is 18.3 Å². The van der Waals surface area contributed by atoms with E-state index >= 15 is 0 Å². The minimum atomic E-state index is -1.23. The lowest BCUT2D eigenvalue weighted by molar-refractivity contribution is 0.479. The molecule has 0 aliphatic carbocycles. The maximum Gasteiger partial charge on any atom is 0.150 e. The van der Waals surface area contributed by atoms with Crippen molar-refractivity contribution in [3.8, 4) is 6.07 Å². The van der Waals surface area contributed by atoms with Gasteiger partial charge in [-0.1, -0.05) is 0 Å². The monoisotopic (exact) mass is 237 g/mol. The minimum absolute atomic E-state index is 0.405. The average Bonchev–Trinajstić information content (AvgIpc) is 2.27. The van der Waals surface area contributed by atoms with Gasteiger partial charge in [0.1, 0.15) is 5.03 Å². The molecule has 1 rings (SSSR count). The van der Waals surface area contributed by atoms with Crippen molar-refractivity contribution in [2.24, 2.45) is 5.41 Å². The molecule has 4 nitrogen and oxygen atoms in total. The summed E-state index contributed by atoms with van der Waals surface area (Å²) < 4.78 is 11.9. The van der Waals surface area contributed by atoms with Gasteiger partial charge < -0.3 is 5.73 Å². The topological polar surface area (TPSA) is 79.8 Å². The Morgan fingerprint density at radius 1 is 1.62 bits per heavy atom. The first kappa shape index (κ1) is 12.7. The largest absolute Gasteiger partial charge is 0.396 e. The van der Waals surface area contributed by atoms with Gasteiger partial charge in [0.2, 0.25) is 0 Å². The van der Waals surface area contributed by atoms with Crippen molar-refractivity contribution in [1.82, 2.24) is 4.98 Å². The number of hydrogen-bond donors (Lipinski definition) is 1. The number of hydrogen-bond acceptors (Lipinski definition) is 4. The van der Waals surface area contributed by atoms with Crippen LogP contribution in [0, 0.1) is 16.7 Å². The molecule has 0 saturated carbocycles. The molecule has 0 aromatic carbocycles. The highest BCUT2D eigenvalue weighted by molar-refractivity contribution is 7.85. The van der Waals surface area contributed by atoms with Gasteiger partial charge >= 0.3 is 0 Å². The van der Waals surface area contributed by atoms with Gasteiger partial charge in [0.15, 0.2) is 0 Å². The van der Waals surface area contributed by atoms with Gasteiger partial charge in [-0.15, -0.1) is 0 Å². The lowest BCUT2D eigenvalue weighted by Gasteiger charge is -2.14. The molecular formula is C11H15N3OS. The highest BCUT2D eigenvalue weighted by Gasteiger charge is 2.19. The minimum Gasteiger partial charge on any atom is -0.396 e. The van der Waals surface area contributed by atoms with Crippen molar-refractivity contribution < 1.29 is 4.21 Å². The van der Waals surface area contributed by atoms with E-state index in [0.29, 0.717) is 22.9 Å². The molecule has 2 N–H and O–H groups in total. The standard InChI is InChI=1S/C11H15N3OS/c1-11(2,8-12)5-7-16(15)10-9(13)4-3-6-14-10/h3-4,6H,5,7,13H2,1-2H3. The summed E-state index contributed by atoms with van der Waals surface area (Å²) in [5.41, 5.74) is 5.65. The predicted octanol–water partition coefficient (Wildman–Crippen LogP) is 1.71. The molecular weight excluding hydrogens is 222 g/mol. The molecule has 0 aliphatic rings. The molecule has 1 atom stereocenters. The van der Waals surface area contributed by atoms with Gasteiger partial charge in [0.05, 0.1) is 28.0 Å². The van der Waals surface area contributed by atoms with Crippen molar-refractivity contribution >= 4 is 16.5 Å². The molecule has 5 heteroatoms. The van der Waals surface area contributed by atoms with Crippen LogP contribution in [0.5, 0.6) is 0 Å². The van der Waals surface area contributed by atoms with E-state index in [2.05, 4.69) is 11.1 Å². The SMILES string of the molecule is CC(C)(C#N)CCS(=O)c1ncccc1N. The first-order valence-corrected chi connectivity index (χ1v) is 6.28. The molecule has 0 aliphatic heterocycles. The Balaban J connectivity index is 2.68. The average molecular weight is 237 g/mol. The molecule has 0 amide bonds. The molecule has 1 aromatic rings. The van der Waals surface area contributed by atoms with Crippen molar-refractivity contribution in [1.29, 1.82) is 5.26 Å². The summed E-state index contributed by atoms with van der Waals surface area (Å²) in [4.78, 5) is 4.00. The number of nitriles is 1. The third-order valence-corrected chi connectivity index (χ3v) is 3.58. The van der Waals surface area contributed by atoms with Crippen LogP contribution in [-0.2, 0) is 10.8 Å². The van der Waals surface area contributed by atoms with Crippen LogP contribution in [0.3, 0.4) is 0 Å². The number of nitrogens with zero attached hydrogens (tertiary/aromatic N) is 2. The van der Waals surface area contributed by atoms with Gasteiger partial charge in [-0.05, 0) is 32.4 Å². The van der Waals surface area contributed by atoms with Crippen LogP contribution in [0.25, 0.3) is 0 Å². The predicted molar refractivity (Wildman–Crippen MR) is 63.9 cm³/mol. The maximum absolute atomic E-state index is 11.9. The van der Waals surface area contributed by atoms with E-state index in [9.17, 15) is 4.21 Å². The highest BCUT2D eigenvalue weighted by atomic mass is 32.2. The lowest BCUT2D eigenvalue weighted by atomic mass is 9.93. The summed E-state index contributed by atoms with van der Waals surface area (Å²) in [5, 5.41) is 9.26. The summed E-state index contributed by atoms with van der Waals surface area (Å²) in [6.07, 6.45) is 2.13. The zero-order valence-electron chi connectivity index (χ0n) is 9.43. The van der Waals surface area contributed by atoms with E-state index in [0.717, 1.165) is 0 Å². The molecule has 0 saturated heterocycles. The molecule has 86 valence electrons. The molecule has 1 unspecified atom stereocenters. The van der Waals surface area contributed by atoms with E-state index in [-0.39, 0.29) is 0 Å². The Morgan fingerprint density at radius 2 is 2.31 bits per heavy atom. The van der Waals surface area contributed by atoms with E-state index in [1.165, 1.54) is 0 Å². The van der Waals surface area contributed by atoms with Crippen LogP contribution in [-0.4, -0.2) is 14.9 Å². The molecule has 1 heterocycles. The third kappa shape index (κ3) is 3.31. The first-order chi connectivity index (χ1) is 7.46. The fraction of sp³-hybridized carbons (Fsp3) is 0.455. The summed E-state index contributed by atoms with van der Waals surface area (Å²) in [6, 6.07) is 5.56. The van der Waals surface area contributed by atoms with Gasteiger partial charge in [-0.2, -0.15) is 5.26 Å². The Bertz CT molecular complexity index is 437. The van der Waals surface area contributed by atoms with Gasteiger partial charge in [-0.25, -0.2) is 4.98 Å². The van der Waals surface area contributed by atoms with E-state index in [1.807, 2.05) is 13.8 Å². The van der Waals surface area contributed by atoms with E-state index < -0.39 is 16.2 Å². The normalized spacial score (nSPS) is 13.1. The second kappa shape index (κ2) is 5.08. The second-order valence-corrected chi connectivity index (χ2v) is 5.68. The van der Waals surface area contributed by atoms with Crippen LogP contribution in [0.1, 0.15) is 20.3 Å². The van der Waals surface area contributed by atoms with Crippen molar-refractivity contribution in [3.63, 3.8) is 0 Å². The van der Waals surface area contributed by atoms with Crippen LogP contribution in [0.4, 0.5) is 5.69 Å². The molecule has 0 radical (unpaired) electrons. The smallest absolute Gasteiger partial charge is 0.150 e. The van der Waals surface area contributed by atoms with Crippen molar-refractivity contribution in [2.75, 3.05) is 11.5 Å². The Hall–Kier alpha value is -1.41. The highest BCUT2D eigenvalue weighted by Crippen LogP contribution is 2.21. The number of pyridine rings is 1. The lowest BCUT2D eigenvalue weighted by Crippen LogP contribution is -2.14. The molecule has 0 fully saturated rings. The zero-order chi connectivity index (χ0) is 12.2. The van der Waals surface area contributed by atoms with Crippen LogP contribution < -0.4 is 5.73 Å². The van der Waals surface area contributed by atoms with Gasteiger partial charge in [0, 0.05) is 11.9 Å². The van der Waals surface area contributed by atoms with Gasteiger partial charge in [-0.3, -0.25) is 4.21 Å². The van der Waals surface area contributed by atoms with Gasteiger partial charge in [0.25, 0.3) is 0 Å². The van der Waals surface area contributed by atoms with Crippen LogP contribution >= 0.6 is 0 Å². The van der Waals surface area contributed by atoms with Crippen molar-refractivity contribution in [2.45, 2.75) is 25.3 Å². The maximum atomic E-state index is 11.9. The summed E-state index contributed by atoms with van der Waals surface area (Å²) in [7, 11) is -1.23. The fourth-order valence-corrected chi connectivity index (χ4v) is 2.49. The number of nitrogens with two attached hydrogens (primary N) is 1.